The minimum atomic E-state index is -0.0639. The first kappa shape index (κ1) is 12.9. The predicted molar refractivity (Wildman–Crippen MR) is 68.7 cm³/mol. The molecule has 1 saturated heterocycles. The van der Waals surface area contributed by atoms with Crippen molar-refractivity contribution >= 4 is 11.6 Å². The number of phenols is 1. The predicted octanol–water partition coefficient (Wildman–Crippen LogP) is 0.733. The van der Waals surface area contributed by atoms with Crippen LogP contribution in [0.3, 0.4) is 0 Å². The highest BCUT2D eigenvalue weighted by atomic mass is 16.5. The summed E-state index contributed by atoms with van der Waals surface area (Å²) in [5.41, 5.74) is 0.684. The Kier molecular flexibility index (Phi) is 4.17. The highest BCUT2D eigenvalue weighted by Crippen LogP contribution is 2.20. The van der Waals surface area contributed by atoms with Gasteiger partial charge in [0.05, 0.1) is 19.1 Å². The minimum absolute atomic E-state index is 0.0192. The molecule has 0 saturated carbocycles. The SMILES string of the molecule is CN(C(=O)CC1CNCCO1)c1cccc(O)c1. The summed E-state index contributed by atoms with van der Waals surface area (Å²) in [4.78, 5) is 13.6. The van der Waals surface area contributed by atoms with Crippen molar-refractivity contribution in [2.24, 2.45) is 0 Å². The lowest BCUT2D eigenvalue weighted by Gasteiger charge is -2.25. The molecule has 0 radical (unpaired) electrons. The average Bonchev–Trinajstić information content (AvgIpc) is 2.39. The van der Waals surface area contributed by atoms with Crippen molar-refractivity contribution in [3.63, 3.8) is 0 Å². The summed E-state index contributed by atoms with van der Waals surface area (Å²) in [6.45, 7) is 2.19. The van der Waals surface area contributed by atoms with Gasteiger partial charge in [-0.1, -0.05) is 6.07 Å². The maximum Gasteiger partial charge on any atom is 0.229 e. The molecule has 5 heteroatoms. The Bertz CT molecular complexity index is 416. The molecule has 2 N–H and O–H groups in total. The van der Waals surface area contributed by atoms with Gasteiger partial charge >= 0.3 is 0 Å². The number of anilines is 1. The molecule has 18 heavy (non-hydrogen) atoms. The van der Waals surface area contributed by atoms with E-state index >= 15 is 0 Å². The van der Waals surface area contributed by atoms with E-state index in [0.29, 0.717) is 25.3 Å². The number of morpholine rings is 1. The standard InChI is InChI=1S/C13H18N2O3/c1-15(10-3-2-4-11(16)7-10)13(17)8-12-9-14-5-6-18-12/h2-4,7,12,14,16H,5-6,8-9H2,1H3. The van der Waals surface area contributed by atoms with Gasteiger partial charge in [0.2, 0.25) is 5.91 Å². The van der Waals surface area contributed by atoms with Crippen LogP contribution in [-0.2, 0) is 9.53 Å². The van der Waals surface area contributed by atoms with Gasteiger partial charge in [0.1, 0.15) is 5.75 Å². The third kappa shape index (κ3) is 3.21. The van der Waals surface area contributed by atoms with Crippen LogP contribution in [-0.4, -0.2) is 43.9 Å². The lowest BCUT2D eigenvalue weighted by atomic mass is 10.2. The number of amides is 1. The molecule has 98 valence electrons. The van der Waals surface area contributed by atoms with Crippen molar-refractivity contribution in [2.45, 2.75) is 12.5 Å². The van der Waals surface area contributed by atoms with E-state index in [1.54, 1.807) is 31.3 Å². The van der Waals surface area contributed by atoms with E-state index in [0.717, 1.165) is 6.54 Å². The summed E-state index contributed by atoms with van der Waals surface area (Å²) in [6, 6.07) is 6.65. The van der Waals surface area contributed by atoms with Crippen molar-refractivity contribution in [3.05, 3.63) is 24.3 Å². The van der Waals surface area contributed by atoms with E-state index in [2.05, 4.69) is 5.32 Å². The topological polar surface area (TPSA) is 61.8 Å². The van der Waals surface area contributed by atoms with E-state index < -0.39 is 0 Å². The van der Waals surface area contributed by atoms with Crippen LogP contribution in [0.5, 0.6) is 5.75 Å². The Hall–Kier alpha value is -1.59. The summed E-state index contributed by atoms with van der Waals surface area (Å²) >= 11 is 0. The molecule has 1 aliphatic heterocycles. The number of hydrogen-bond donors (Lipinski definition) is 2. The average molecular weight is 250 g/mol. The second-order valence-electron chi connectivity index (χ2n) is 4.37. The minimum Gasteiger partial charge on any atom is -0.508 e. The largest absolute Gasteiger partial charge is 0.508 e. The number of benzene rings is 1. The van der Waals surface area contributed by atoms with E-state index in [4.69, 9.17) is 4.74 Å². The van der Waals surface area contributed by atoms with Crippen LogP contribution >= 0.6 is 0 Å². The maximum absolute atomic E-state index is 12.1. The number of phenolic OH excluding ortho intramolecular Hbond substituents is 1. The number of aromatic hydroxyl groups is 1. The summed E-state index contributed by atoms with van der Waals surface area (Å²) in [5, 5.41) is 12.6. The lowest BCUT2D eigenvalue weighted by Crippen LogP contribution is -2.41. The molecule has 0 aliphatic carbocycles. The normalized spacial score (nSPS) is 19.5. The number of carbonyl (C=O) groups is 1. The first-order chi connectivity index (χ1) is 8.66. The van der Waals surface area contributed by atoms with Gasteiger partial charge in [0.25, 0.3) is 0 Å². The molecule has 1 atom stereocenters. The fraction of sp³-hybridized carbons (Fsp3) is 0.462. The van der Waals surface area contributed by atoms with Gasteiger partial charge in [-0.25, -0.2) is 0 Å². The molecule has 0 aromatic heterocycles. The monoisotopic (exact) mass is 250 g/mol. The first-order valence-electron chi connectivity index (χ1n) is 6.05. The van der Waals surface area contributed by atoms with E-state index in [1.807, 2.05) is 0 Å². The second kappa shape index (κ2) is 5.84. The molecule has 1 aromatic carbocycles. The molecule has 2 rings (SSSR count). The van der Waals surface area contributed by atoms with Crippen molar-refractivity contribution in [1.82, 2.24) is 5.32 Å². The van der Waals surface area contributed by atoms with Crippen LogP contribution in [0.15, 0.2) is 24.3 Å². The number of rotatable bonds is 3. The Morgan fingerprint density at radius 3 is 3.11 bits per heavy atom. The molecule has 1 fully saturated rings. The Labute approximate surface area is 106 Å². The zero-order valence-corrected chi connectivity index (χ0v) is 10.4. The van der Waals surface area contributed by atoms with Gasteiger partial charge in [0, 0.05) is 31.9 Å². The summed E-state index contributed by atoms with van der Waals surface area (Å²) in [7, 11) is 1.70. The number of hydrogen-bond acceptors (Lipinski definition) is 4. The third-order valence-electron chi connectivity index (χ3n) is 3.00. The molecule has 1 amide bonds. The molecule has 1 aromatic rings. The number of ether oxygens (including phenoxy) is 1. The molecule has 1 unspecified atom stereocenters. The maximum atomic E-state index is 12.1. The van der Waals surface area contributed by atoms with Crippen molar-refractivity contribution in [1.29, 1.82) is 0 Å². The van der Waals surface area contributed by atoms with Crippen LogP contribution in [0.4, 0.5) is 5.69 Å². The van der Waals surface area contributed by atoms with Gasteiger partial charge in [-0.15, -0.1) is 0 Å². The van der Waals surface area contributed by atoms with Crippen LogP contribution in [0.2, 0.25) is 0 Å². The van der Waals surface area contributed by atoms with Crippen LogP contribution in [0, 0.1) is 0 Å². The fourth-order valence-electron chi connectivity index (χ4n) is 1.93. The van der Waals surface area contributed by atoms with Gasteiger partial charge in [0.15, 0.2) is 0 Å². The summed E-state index contributed by atoms with van der Waals surface area (Å²) in [6.07, 6.45) is 0.283. The van der Waals surface area contributed by atoms with Crippen LogP contribution in [0.1, 0.15) is 6.42 Å². The van der Waals surface area contributed by atoms with Gasteiger partial charge in [-0.3, -0.25) is 4.79 Å². The molecular weight excluding hydrogens is 232 g/mol. The summed E-state index contributed by atoms with van der Waals surface area (Å²) < 4.78 is 5.50. The van der Waals surface area contributed by atoms with Crippen LogP contribution < -0.4 is 10.2 Å². The van der Waals surface area contributed by atoms with Gasteiger partial charge < -0.3 is 20.1 Å². The molecule has 0 spiro atoms. The Morgan fingerprint density at radius 2 is 2.44 bits per heavy atom. The van der Waals surface area contributed by atoms with Crippen molar-refractivity contribution < 1.29 is 14.6 Å². The smallest absolute Gasteiger partial charge is 0.229 e. The Balaban J connectivity index is 1.95. The van der Waals surface area contributed by atoms with E-state index in [1.165, 1.54) is 4.90 Å². The van der Waals surface area contributed by atoms with Crippen molar-refractivity contribution in [3.8, 4) is 5.75 Å². The molecule has 5 nitrogen and oxygen atoms in total. The second-order valence-corrected chi connectivity index (χ2v) is 4.37. The van der Waals surface area contributed by atoms with E-state index in [9.17, 15) is 9.90 Å². The Morgan fingerprint density at radius 1 is 1.61 bits per heavy atom. The first-order valence-corrected chi connectivity index (χ1v) is 6.05. The molecule has 1 aliphatic rings. The number of carbonyl (C=O) groups excluding carboxylic acids is 1. The highest BCUT2D eigenvalue weighted by Gasteiger charge is 2.20. The van der Waals surface area contributed by atoms with Gasteiger partial charge in [-0.05, 0) is 12.1 Å². The number of nitrogens with one attached hydrogen (secondary N) is 1. The number of nitrogens with zero attached hydrogens (tertiary/aromatic N) is 1. The van der Waals surface area contributed by atoms with Crippen LogP contribution in [0.25, 0.3) is 0 Å². The molecular formula is C13H18N2O3. The van der Waals surface area contributed by atoms with Gasteiger partial charge in [-0.2, -0.15) is 0 Å². The quantitative estimate of drug-likeness (QED) is 0.830. The zero-order valence-electron chi connectivity index (χ0n) is 10.4. The molecule has 1 heterocycles. The van der Waals surface area contributed by atoms with E-state index in [-0.39, 0.29) is 17.8 Å². The third-order valence-corrected chi connectivity index (χ3v) is 3.00. The molecule has 0 bridgehead atoms. The lowest BCUT2D eigenvalue weighted by molar-refractivity contribution is -0.121. The highest BCUT2D eigenvalue weighted by molar-refractivity contribution is 5.93. The summed E-state index contributed by atoms with van der Waals surface area (Å²) in [5.74, 6) is 0.136. The zero-order chi connectivity index (χ0) is 13.0. The fourth-order valence-corrected chi connectivity index (χ4v) is 1.93. The van der Waals surface area contributed by atoms with Crippen molar-refractivity contribution in [2.75, 3.05) is 31.6 Å².